The van der Waals surface area contributed by atoms with Crippen LogP contribution in [-0.2, 0) is 0 Å². The van der Waals surface area contributed by atoms with Gasteiger partial charge in [-0.05, 0) is 99.1 Å². The average Bonchev–Trinajstić information content (AvgIpc) is 3.67. The van der Waals surface area contributed by atoms with Crippen LogP contribution in [0.4, 0.5) is 17.1 Å². The van der Waals surface area contributed by atoms with E-state index in [1.54, 1.807) is 0 Å². The van der Waals surface area contributed by atoms with Gasteiger partial charge in [-0.2, -0.15) is 0 Å². The standard InChI is InChI=1S/C50H35NO/c1-3-10-36(11-4-1)38-18-20-39(21-19-38)41-24-30-47(31-25-41)51(46-28-22-40(23-29-46)37-12-5-2-6-13-37)48-32-26-42(27-33-48)43-15-9-16-44(34-43)50-35-45-14-7-8-17-49(45)52-50/h1-35H. The summed E-state index contributed by atoms with van der Waals surface area (Å²) in [6.07, 6.45) is 0. The molecule has 2 heteroatoms. The monoisotopic (exact) mass is 665 g/mol. The van der Waals surface area contributed by atoms with Gasteiger partial charge in [0, 0.05) is 28.0 Å². The van der Waals surface area contributed by atoms with Crippen LogP contribution in [0.25, 0.3) is 66.8 Å². The third kappa shape index (κ3) is 6.30. The molecule has 1 heterocycles. The van der Waals surface area contributed by atoms with Gasteiger partial charge < -0.3 is 9.32 Å². The Bertz CT molecular complexity index is 2530. The number of benzene rings is 8. The lowest BCUT2D eigenvalue weighted by Crippen LogP contribution is -2.09. The molecule has 52 heavy (non-hydrogen) atoms. The molecule has 0 fully saturated rings. The molecule has 9 aromatic rings. The molecule has 0 spiro atoms. The van der Waals surface area contributed by atoms with Gasteiger partial charge in [0.15, 0.2) is 0 Å². The molecule has 1 aromatic heterocycles. The molecule has 0 bridgehead atoms. The first kappa shape index (κ1) is 31.1. The Hall–Kier alpha value is -6.90. The third-order valence-electron chi connectivity index (χ3n) is 9.71. The molecular formula is C50H35NO. The normalized spacial score (nSPS) is 11.1. The maximum atomic E-state index is 6.18. The minimum absolute atomic E-state index is 0.875. The van der Waals surface area contributed by atoms with E-state index in [9.17, 15) is 0 Å². The summed E-state index contributed by atoms with van der Waals surface area (Å²) in [7, 11) is 0. The Morgan fingerprint density at radius 1 is 0.269 bits per heavy atom. The molecule has 0 amide bonds. The van der Waals surface area contributed by atoms with Gasteiger partial charge in [-0.1, -0.05) is 158 Å². The van der Waals surface area contributed by atoms with Crippen molar-refractivity contribution in [3.8, 4) is 55.8 Å². The fourth-order valence-electron chi connectivity index (χ4n) is 6.95. The minimum atomic E-state index is 0.875. The van der Waals surface area contributed by atoms with E-state index in [1.807, 2.05) is 18.2 Å². The summed E-state index contributed by atoms with van der Waals surface area (Å²) in [4.78, 5) is 2.33. The van der Waals surface area contributed by atoms with Crippen LogP contribution in [-0.4, -0.2) is 0 Å². The van der Waals surface area contributed by atoms with E-state index >= 15 is 0 Å². The number of nitrogens with zero attached hydrogens (tertiary/aromatic N) is 1. The van der Waals surface area contributed by atoms with Gasteiger partial charge in [0.1, 0.15) is 11.3 Å². The summed E-state index contributed by atoms with van der Waals surface area (Å²) in [6.45, 7) is 0. The average molecular weight is 666 g/mol. The van der Waals surface area contributed by atoms with E-state index in [-0.39, 0.29) is 0 Å². The van der Waals surface area contributed by atoms with Crippen LogP contribution < -0.4 is 4.90 Å². The van der Waals surface area contributed by atoms with Crippen molar-refractivity contribution in [2.24, 2.45) is 0 Å². The Morgan fingerprint density at radius 3 is 1.12 bits per heavy atom. The highest BCUT2D eigenvalue weighted by Gasteiger charge is 2.15. The number of para-hydroxylation sites is 1. The van der Waals surface area contributed by atoms with Crippen molar-refractivity contribution in [3.05, 3.63) is 212 Å². The molecule has 0 atom stereocenters. The molecule has 246 valence electrons. The first-order valence-electron chi connectivity index (χ1n) is 17.7. The Morgan fingerprint density at radius 2 is 0.635 bits per heavy atom. The summed E-state index contributed by atoms with van der Waals surface area (Å²) in [6, 6.07) is 75.3. The Labute approximate surface area is 304 Å². The fraction of sp³-hybridized carbons (Fsp3) is 0. The first-order valence-corrected chi connectivity index (χ1v) is 17.7. The third-order valence-corrected chi connectivity index (χ3v) is 9.71. The van der Waals surface area contributed by atoms with Crippen LogP contribution >= 0.6 is 0 Å². The second-order valence-corrected chi connectivity index (χ2v) is 13.0. The van der Waals surface area contributed by atoms with E-state index < -0.39 is 0 Å². The lowest BCUT2D eigenvalue weighted by atomic mass is 9.99. The summed E-state index contributed by atoms with van der Waals surface area (Å²) < 4.78 is 6.18. The summed E-state index contributed by atoms with van der Waals surface area (Å²) in [5.41, 5.74) is 14.8. The largest absolute Gasteiger partial charge is 0.456 e. The van der Waals surface area contributed by atoms with Gasteiger partial charge in [0.05, 0.1) is 0 Å². The van der Waals surface area contributed by atoms with Crippen LogP contribution in [0.1, 0.15) is 0 Å². The number of hydrogen-bond donors (Lipinski definition) is 0. The van der Waals surface area contributed by atoms with Crippen LogP contribution in [0, 0.1) is 0 Å². The van der Waals surface area contributed by atoms with Gasteiger partial charge >= 0.3 is 0 Å². The summed E-state index contributed by atoms with van der Waals surface area (Å²) in [5.74, 6) is 0.875. The van der Waals surface area contributed by atoms with Gasteiger partial charge in [-0.15, -0.1) is 0 Å². The number of hydrogen-bond acceptors (Lipinski definition) is 2. The van der Waals surface area contributed by atoms with Crippen molar-refractivity contribution in [2.45, 2.75) is 0 Å². The van der Waals surface area contributed by atoms with Crippen molar-refractivity contribution in [1.82, 2.24) is 0 Å². The number of fused-ring (bicyclic) bond motifs is 1. The molecule has 2 nitrogen and oxygen atoms in total. The SMILES string of the molecule is c1ccc(-c2ccc(-c3ccc(N(c4ccc(-c5ccccc5)cc4)c4ccc(-c5cccc(-c6cc7ccccc7o6)c5)cc4)cc3)cc2)cc1. The molecular weight excluding hydrogens is 631 g/mol. The van der Waals surface area contributed by atoms with Gasteiger partial charge in [-0.25, -0.2) is 0 Å². The van der Waals surface area contributed by atoms with E-state index in [4.69, 9.17) is 4.42 Å². The first-order chi connectivity index (χ1) is 25.7. The molecule has 0 saturated carbocycles. The molecule has 0 radical (unpaired) electrons. The highest BCUT2D eigenvalue weighted by molar-refractivity contribution is 5.85. The highest BCUT2D eigenvalue weighted by atomic mass is 16.3. The quantitative estimate of drug-likeness (QED) is 0.161. The van der Waals surface area contributed by atoms with E-state index in [1.165, 1.54) is 33.4 Å². The number of anilines is 3. The predicted molar refractivity (Wildman–Crippen MR) is 218 cm³/mol. The fourth-order valence-corrected chi connectivity index (χ4v) is 6.95. The second kappa shape index (κ2) is 13.8. The van der Waals surface area contributed by atoms with Gasteiger partial charge in [0.2, 0.25) is 0 Å². The van der Waals surface area contributed by atoms with Crippen molar-refractivity contribution in [3.63, 3.8) is 0 Å². The molecule has 0 aliphatic carbocycles. The molecule has 0 N–H and O–H groups in total. The zero-order chi connectivity index (χ0) is 34.7. The molecule has 0 aliphatic heterocycles. The summed E-state index contributed by atoms with van der Waals surface area (Å²) >= 11 is 0. The predicted octanol–water partition coefficient (Wildman–Crippen LogP) is 14.2. The maximum absolute atomic E-state index is 6.18. The number of furan rings is 1. The van der Waals surface area contributed by atoms with Crippen LogP contribution in [0.3, 0.4) is 0 Å². The maximum Gasteiger partial charge on any atom is 0.135 e. The molecule has 8 aromatic carbocycles. The molecule has 0 saturated heterocycles. The summed E-state index contributed by atoms with van der Waals surface area (Å²) in [5, 5.41) is 1.11. The van der Waals surface area contributed by atoms with Gasteiger partial charge in [-0.3, -0.25) is 0 Å². The molecule has 0 unspecified atom stereocenters. The van der Waals surface area contributed by atoms with Crippen molar-refractivity contribution in [2.75, 3.05) is 4.90 Å². The zero-order valence-electron chi connectivity index (χ0n) is 28.6. The van der Waals surface area contributed by atoms with Crippen molar-refractivity contribution >= 4 is 28.0 Å². The zero-order valence-corrected chi connectivity index (χ0v) is 28.6. The van der Waals surface area contributed by atoms with Crippen LogP contribution in [0.2, 0.25) is 0 Å². The minimum Gasteiger partial charge on any atom is -0.456 e. The van der Waals surface area contributed by atoms with Crippen LogP contribution in [0.15, 0.2) is 217 Å². The van der Waals surface area contributed by atoms with Gasteiger partial charge in [0.25, 0.3) is 0 Å². The molecule has 9 rings (SSSR count). The highest BCUT2D eigenvalue weighted by Crippen LogP contribution is 2.38. The van der Waals surface area contributed by atoms with Crippen molar-refractivity contribution < 1.29 is 4.42 Å². The Balaban J connectivity index is 1.04. The second-order valence-electron chi connectivity index (χ2n) is 13.0. The van der Waals surface area contributed by atoms with E-state index in [0.717, 1.165) is 50.5 Å². The van der Waals surface area contributed by atoms with Crippen LogP contribution in [0.5, 0.6) is 0 Å². The molecule has 0 aliphatic rings. The smallest absolute Gasteiger partial charge is 0.135 e. The lowest BCUT2D eigenvalue weighted by Gasteiger charge is -2.26. The number of rotatable bonds is 8. The lowest BCUT2D eigenvalue weighted by molar-refractivity contribution is 0.631. The van der Waals surface area contributed by atoms with E-state index in [0.29, 0.717) is 0 Å². The Kier molecular flexibility index (Phi) is 8.24. The topological polar surface area (TPSA) is 16.4 Å². The van der Waals surface area contributed by atoms with E-state index in [2.05, 4.69) is 199 Å². The van der Waals surface area contributed by atoms with Crippen molar-refractivity contribution in [1.29, 1.82) is 0 Å².